The van der Waals surface area contributed by atoms with Crippen LogP contribution in [-0.4, -0.2) is 5.11 Å². The molecule has 2 rings (SSSR count). The van der Waals surface area contributed by atoms with Gasteiger partial charge in [0.05, 0.1) is 11.2 Å². The lowest BCUT2D eigenvalue weighted by molar-refractivity contribution is -0.140. The van der Waals surface area contributed by atoms with Crippen molar-refractivity contribution in [2.75, 3.05) is 0 Å². The molecule has 5 heteroatoms. The first-order chi connectivity index (χ1) is 9.70. The van der Waals surface area contributed by atoms with Gasteiger partial charge in [0.1, 0.15) is 5.82 Å². The molecule has 0 fully saturated rings. The zero-order valence-corrected chi connectivity index (χ0v) is 11.3. The van der Waals surface area contributed by atoms with Gasteiger partial charge in [-0.1, -0.05) is 36.4 Å². The predicted molar refractivity (Wildman–Crippen MR) is 71.1 cm³/mol. The van der Waals surface area contributed by atoms with Gasteiger partial charge in [-0.15, -0.1) is 0 Å². The van der Waals surface area contributed by atoms with Crippen LogP contribution in [0.15, 0.2) is 48.5 Å². The first-order valence-electron chi connectivity index (χ1n) is 6.34. The molecule has 1 nitrogen and oxygen atoms in total. The van der Waals surface area contributed by atoms with E-state index in [1.165, 1.54) is 13.0 Å². The third-order valence-corrected chi connectivity index (χ3v) is 3.28. The highest BCUT2D eigenvalue weighted by Gasteiger charge is 2.36. The molecule has 0 aliphatic carbocycles. The van der Waals surface area contributed by atoms with Crippen molar-refractivity contribution in [2.45, 2.75) is 25.1 Å². The van der Waals surface area contributed by atoms with Crippen LogP contribution in [0.3, 0.4) is 0 Å². The number of aliphatic hydroxyl groups is 1. The van der Waals surface area contributed by atoms with Crippen LogP contribution in [-0.2, 0) is 18.2 Å². The first-order valence-corrected chi connectivity index (χ1v) is 6.34. The van der Waals surface area contributed by atoms with E-state index in [9.17, 15) is 22.7 Å². The van der Waals surface area contributed by atoms with Crippen LogP contribution >= 0.6 is 0 Å². The lowest BCUT2D eigenvalue weighted by Crippen LogP contribution is -2.25. The zero-order chi connectivity index (χ0) is 15.7. The highest BCUT2D eigenvalue weighted by Crippen LogP contribution is 2.35. The Balaban J connectivity index is 2.36. The molecule has 0 saturated carbocycles. The van der Waals surface area contributed by atoms with E-state index in [2.05, 4.69) is 0 Å². The fourth-order valence-corrected chi connectivity index (χ4v) is 2.17. The van der Waals surface area contributed by atoms with Crippen LogP contribution in [0.4, 0.5) is 17.6 Å². The number of alkyl halides is 3. The van der Waals surface area contributed by atoms with Gasteiger partial charge in [0, 0.05) is 6.42 Å². The quantitative estimate of drug-likeness (QED) is 0.838. The summed E-state index contributed by atoms with van der Waals surface area (Å²) < 4.78 is 51.4. The molecule has 0 radical (unpaired) electrons. The average molecular weight is 298 g/mol. The molecule has 0 amide bonds. The summed E-state index contributed by atoms with van der Waals surface area (Å²) in [7, 11) is 0. The minimum absolute atomic E-state index is 0.0279. The SMILES string of the molecule is CC(O)(Cc1ccccc1)c1ccc(F)c(C(F)(F)F)c1. The molecule has 1 N–H and O–H groups in total. The fraction of sp³-hybridized carbons (Fsp3) is 0.250. The van der Waals surface area contributed by atoms with Crippen LogP contribution in [0.25, 0.3) is 0 Å². The van der Waals surface area contributed by atoms with Crippen molar-refractivity contribution in [1.82, 2.24) is 0 Å². The monoisotopic (exact) mass is 298 g/mol. The van der Waals surface area contributed by atoms with Crippen molar-refractivity contribution >= 4 is 0 Å². The number of hydrogen-bond donors (Lipinski definition) is 1. The van der Waals surface area contributed by atoms with Crippen molar-refractivity contribution in [3.05, 3.63) is 71.0 Å². The molecule has 0 aromatic heterocycles. The van der Waals surface area contributed by atoms with Gasteiger partial charge in [-0.25, -0.2) is 4.39 Å². The van der Waals surface area contributed by atoms with Gasteiger partial charge >= 0.3 is 6.18 Å². The van der Waals surface area contributed by atoms with Crippen LogP contribution < -0.4 is 0 Å². The second kappa shape index (κ2) is 5.48. The maximum atomic E-state index is 13.3. The molecule has 0 aliphatic heterocycles. The molecule has 0 saturated heterocycles. The minimum atomic E-state index is -4.79. The van der Waals surface area contributed by atoms with Gasteiger partial charge in [-0.3, -0.25) is 0 Å². The predicted octanol–water partition coefficient (Wildman–Crippen LogP) is 4.29. The third kappa shape index (κ3) is 3.61. The standard InChI is InChI=1S/C16H14F4O/c1-15(21,10-11-5-3-2-4-6-11)12-7-8-14(17)13(9-12)16(18,19)20/h2-9,21H,10H2,1H3. The van der Waals surface area contributed by atoms with Crippen LogP contribution in [0.2, 0.25) is 0 Å². The normalized spacial score (nSPS) is 14.8. The molecule has 2 aromatic rings. The summed E-state index contributed by atoms with van der Waals surface area (Å²) in [6.07, 6.45) is -4.65. The molecule has 0 bridgehead atoms. The van der Waals surface area contributed by atoms with Crippen LogP contribution in [0.1, 0.15) is 23.6 Å². The minimum Gasteiger partial charge on any atom is -0.385 e. The van der Waals surface area contributed by atoms with Gasteiger partial charge in [-0.2, -0.15) is 13.2 Å². The average Bonchev–Trinajstić information content (AvgIpc) is 2.38. The maximum absolute atomic E-state index is 13.3. The highest BCUT2D eigenvalue weighted by atomic mass is 19.4. The Bertz CT molecular complexity index is 618. The zero-order valence-electron chi connectivity index (χ0n) is 11.3. The van der Waals surface area contributed by atoms with E-state index in [1.54, 1.807) is 30.3 Å². The Morgan fingerprint density at radius 2 is 1.62 bits per heavy atom. The molecule has 0 spiro atoms. The summed E-state index contributed by atoms with van der Waals surface area (Å²) in [5.41, 5.74) is -2.08. The lowest BCUT2D eigenvalue weighted by atomic mass is 9.88. The van der Waals surface area contributed by atoms with E-state index in [4.69, 9.17) is 0 Å². The van der Waals surface area contributed by atoms with Gasteiger partial charge in [-0.05, 0) is 30.2 Å². The van der Waals surface area contributed by atoms with Crippen molar-refractivity contribution < 1.29 is 22.7 Å². The molecular weight excluding hydrogens is 284 g/mol. The third-order valence-electron chi connectivity index (χ3n) is 3.28. The number of hydrogen-bond acceptors (Lipinski definition) is 1. The second-order valence-electron chi connectivity index (χ2n) is 5.13. The molecule has 0 aliphatic rings. The van der Waals surface area contributed by atoms with Gasteiger partial charge in [0.15, 0.2) is 0 Å². The lowest BCUT2D eigenvalue weighted by Gasteiger charge is -2.25. The first kappa shape index (κ1) is 15.5. The molecule has 1 unspecified atom stereocenters. The molecule has 2 aromatic carbocycles. The van der Waals surface area contributed by atoms with E-state index >= 15 is 0 Å². The second-order valence-corrected chi connectivity index (χ2v) is 5.13. The molecule has 112 valence electrons. The number of benzene rings is 2. The van der Waals surface area contributed by atoms with Crippen molar-refractivity contribution in [3.63, 3.8) is 0 Å². The van der Waals surface area contributed by atoms with Crippen molar-refractivity contribution in [1.29, 1.82) is 0 Å². The topological polar surface area (TPSA) is 20.2 Å². The van der Waals surface area contributed by atoms with Gasteiger partial charge < -0.3 is 5.11 Å². The summed E-state index contributed by atoms with van der Waals surface area (Å²) in [5, 5.41) is 10.4. The molecule has 0 heterocycles. The van der Waals surface area contributed by atoms with Gasteiger partial charge in [0.25, 0.3) is 0 Å². The largest absolute Gasteiger partial charge is 0.419 e. The van der Waals surface area contributed by atoms with Crippen molar-refractivity contribution in [3.8, 4) is 0 Å². The van der Waals surface area contributed by atoms with E-state index in [-0.39, 0.29) is 12.0 Å². The van der Waals surface area contributed by atoms with E-state index in [0.29, 0.717) is 6.07 Å². The van der Waals surface area contributed by atoms with Gasteiger partial charge in [0.2, 0.25) is 0 Å². The van der Waals surface area contributed by atoms with E-state index in [0.717, 1.165) is 11.6 Å². The number of halogens is 4. The summed E-state index contributed by atoms with van der Waals surface area (Å²) in [6, 6.07) is 11.5. The summed E-state index contributed by atoms with van der Waals surface area (Å²) in [5.74, 6) is -1.35. The number of rotatable bonds is 3. The van der Waals surface area contributed by atoms with Crippen LogP contribution in [0, 0.1) is 5.82 Å². The van der Waals surface area contributed by atoms with Crippen molar-refractivity contribution in [2.24, 2.45) is 0 Å². The van der Waals surface area contributed by atoms with E-state index in [1.807, 2.05) is 0 Å². The molecule has 21 heavy (non-hydrogen) atoms. The Hall–Kier alpha value is -1.88. The summed E-state index contributed by atoms with van der Waals surface area (Å²) in [6.45, 7) is 1.41. The smallest absolute Gasteiger partial charge is 0.385 e. The Labute approximate surface area is 119 Å². The summed E-state index contributed by atoms with van der Waals surface area (Å²) >= 11 is 0. The maximum Gasteiger partial charge on any atom is 0.419 e. The van der Waals surface area contributed by atoms with E-state index < -0.39 is 23.2 Å². The fourth-order valence-electron chi connectivity index (χ4n) is 2.17. The van der Waals surface area contributed by atoms with Crippen LogP contribution in [0.5, 0.6) is 0 Å². The highest BCUT2D eigenvalue weighted by molar-refractivity contribution is 5.32. The molecule has 1 atom stereocenters. The summed E-state index contributed by atoms with van der Waals surface area (Å²) in [4.78, 5) is 0. The molecular formula is C16H14F4O. The Kier molecular flexibility index (Phi) is 4.05. The Morgan fingerprint density at radius 3 is 2.19 bits per heavy atom. The Morgan fingerprint density at radius 1 is 1.00 bits per heavy atom.